The van der Waals surface area contributed by atoms with Gasteiger partial charge in [-0.2, -0.15) is 0 Å². The molecule has 4 nitrogen and oxygen atoms in total. The topological polar surface area (TPSA) is 42.2 Å². The molecule has 10 aromatic rings. The molecule has 0 unspecified atom stereocenters. The highest BCUT2D eigenvalue weighted by molar-refractivity contribution is 6.14. The molecule has 0 saturated carbocycles. The third kappa shape index (κ3) is 5.67. The van der Waals surface area contributed by atoms with Crippen molar-refractivity contribution < 1.29 is 4.42 Å². The van der Waals surface area contributed by atoms with Crippen molar-refractivity contribution in [2.75, 3.05) is 4.90 Å². The van der Waals surface area contributed by atoms with E-state index in [2.05, 4.69) is 138 Å². The number of hydrogen-bond donors (Lipinski definition) is 0. The number of benzene rings is 8. The van der Waals surface area contributed by atoms with Crippen LogP contribution in [-0.2, 0) is 0 Å². The lowest BCUT2D eigenvalue weighted by molar-refractivity contribution is 0.669. The van der Waals surface area contributed by atoms with Gasteiger partial charge in [-0.25, -0.2) is 9.97 Å². The van der Waals surface area contributed by atoms with Gasteiger partial charge in [0.15, 0.2) is 0 Å². The van der Waals surface area contributed by atoms with E-state index in [9.17, 15) is 0 Å². The van der Waals surface area contributed by atoms with Crippen LogP contribution in [0.3, 0.4) is 0 Å². The second kappa shape index (κ2) is 13.4. The Morgan fingerprint density at radius 2 is 0.852 bits per heavy atom. The standard InChI is InChI=1S/C50H33N3O/c1-4-13-34(14-5-1)35-23-25-36(26-24-35)37-27-29-40(30-28-37)53(39-17-8-3-9-18-39)41-31-32-42-47(33-41)54-46-22-12-19-43(48(42)46)50-49(38-15-6-2-7-16-38)51-44-20-10-11-21-45(44)52-50/h1-33H. The molecule has 0 bridgehead atoms. The SMILES string of the molecule is c1ccc(-c2ccc(-c3ccc(N(c4ccccc4)c4ccc5c(c4)oc4cccc(-c6nc7ccccc7nc6-c6ccccc6)c45)cc3)cc2)cc1. The predicted octanol–water partition coefficient (Wildman–Crippen LogP) is 13.7. The minimum atomic E-state index is 0.806. The first-order valence-electron chi connectivity index (χ1n) is 18.2. The molecule has 0 aliphatic carbocycles. The van der Waals surface area contributed by atoms with Crippen molar-refractivity contribution in [3.8, 4) is 44.8 Å². The van der Waals surface area contributed by atoms with Crippen LogP contribution in [0, 0.1) is 0 Å². The van der Waals surface area contributed by atoms with Gasteiger partial charge in [0.25, 0.3) is 0 Å². The van der Waals surface area contributed by atoms with Gasteiger partial charge in [0.2, 0.25) is 0 Å². The number of para-hydroxylation sites is 3. The van der Waals surface area contributed by atoms with E-state index < -0.39 is 0 Å². The summed E-state index contributed by atoms with van der Waals surface area (Å²) in [5.74, 6) is 0. The van der Waals surface area contributed by atoms with E-state index in [1.54, 1.807) is 0 Å². The average Bonchev–Trinajstić information content (AvgIpc) is 3.63. The normalized spacial score (nSPS) is 11.3. The molecule has 8 aromatic carbocycles. The maximum atomic E-state index is 6.65. The Hall–Kier alpha value is -7.30. The largest absolute Gasteiger partial charge is 0.456 e. The summed E-state index contributed by atoms with van der Waals surface area (Å²) in [6, 6.07) is 69.6. The van der Waals surface area contributed by atoms with Crippen LogP contribution in [0.2, 0.25) is 0 Å². The Balaban J connectivity index is 1.06. The zero-order valence-electron chi connectivity index (χ0n) is 29.3. The van der Waals surface area contributed by atoms with Gasteiger partial charge < -0.3 is 9.32 Å². The number of hydrogen-bond acceptors (Lipinski definition) is 4. The first-order chi connectivity index (χ1) is 26.8. The summed E-state index contributed by atoms with van der Waals surface area (Å²) < 4.78 is 6.65. The van der Waals surface area contributed by atoms with Crippen molar-refractivity contribution in [1.29, 1.82) is 0 Å². The second-order valence-electron chi connectivity index (χ2n) is 13.4. The van der Waals surface area contributed by atoms with Crippen LogP contribution in [-0.4, -0.2) is 9.97 Å². The van der Waals surface area contributed by atoms with Crippen molar-refractivity contribution in [2.24, 2.45) is 0 Å². The molecule has 2 heterocycles. The molecule has 2 aromatic heterocycles. The van der Waals surface area contributed by atoms with Crippen molar-refractivity contribution in [3.63, 3.8) is 0 Å². The lowest BCUT2D eigenvalue weighted by Crippen LogP contribution is -2.09. The summed E-state index contributed by atoms with van der Waals surface area (Å²) in [4.78, 5) is 12.6. The van der Waals surface area contributed by atoms with E-state index in [0.717, 1.165) is 72.5 Å². The molecule has 254 valence electrons. The van der Waals surface area contributed by atoms with Crippen LogP contribution in [0.5, 0.6) is 0 Å². The molecule has 0 spiro atoms. The monoisotopic (exact) mass is 691 g/mol. The van der Waals surface area contributed by atoms with E-state index in [-0.39, 0.29) is 0 Å². The minimum Gasteiger partial charge on any atom is -0.456 e. The summed E-state index contributed by atoms with van der Waals surface area (Å²) in [6.45, 7) is 0. The van der Waals surface area contributed by atoms with Crippen LogP contribution < -0.4 is 4.90 Å². The molecular weight excluding hydrogens is 659 g/mol. The molecule has 0 atom stereocenters. The van der Waals surface area contributed by atoms with Crippen LogP contribution in [0.25, 0.3) is 77.7 Å². The van der Waals surface area contributed by atoms with E-state index in [1.165, 1.54) is 22.3 Å². The van der Waals surface area contributed by atoms with Gasteiger partial charge >= 0.3 is 0 Å². The number of fused-ring (bicyclic) bond motifs is 4. The first-order valence-corrected chi connectivity index (χ1v) is 18.2. The fourth-order valence-corrected chi connectivity index (χ4v) is 7.45. The first kappa shape index (κ1) is 31.4. The van der Waals surface area contributed by atoms with Gasteiger partial charge in [0.05, 0.1) is 22.4 Å². The molecule has 0 fully saturated rings. The highest BCUT2D eigenvalue weighted by Gasteiger charge is 2.21. The Labute approximate surface area is 313 Å². The van der Waals surface area contributed by atoms with Crippen molar-refractivity contribution in [3.05, 3.63) is 200 Å². The van der Waals surface area contributed by atoms with Gasteiger partial charge in [-0.05, 0) is 76.9 Å². The molecule has 0 saturated heterocycles. The van der Waals surface area contributed by atoms with Gasteiger partial charge in [-0.15, -0.1) is 0 Å². The van der Waals surface area contributed by atoms with Gasteiger partial charge in [-0.1, -0.05) is 140 Å². The van der Waals surface area contributed by atoms with Crippen molar-refractivity contribution in [1.82, 2.24) is 9.97 Å². The molecule has 0 radical (unpaired) electrons. The lowest BCUT2D eigenvalue weighted by Gasteiger charge is -2.25. The maximum Gasteiger partial charge on any atom is 0.137 e. The Kier molecular flexibility index (Phi) is 7.77. The van der Waals surface area contributed by atoms with E-state index in [1.807, 2.05) is 66.7 Å². The molecule has 0 aliphatic rings. The summed E-state index contributed by atoms with van der Waals surface area (Å²) in [5, 5.41) is 2.05. The van der Waals surface area contributed by atoms with Gasteiger partial charge in [0.1, 0.15) is 11.2 Å². The summed E-state index contributed by atoms with van der Waals surface area (Å²) in [7, 11) is 0. The Morgan fingerprint density at radius 3 is 1.50 bits per heavy atom. The molecular formula is C50H33N3O. The number of rotatable bonds is 7. The highest BCUT2D eigenvalue weighted by atomic mass is 16.3. The highest BCUT2D eigenvalue weighted by Crippen LogP contribution is 2.43. The molecule has 0 amide bonds. The quantitative estimate of drug-likeness (QED) is 0.167. The summed E-state index contributed by atoms with van der Waals surface area (Å²) in [5.41, 5.74) is 14.9. The van der Waals surface area contributed by atoms with Crippen molar-refractivity contribution >= 4 is 50.0 Å². The third-order valence-corrected chi connectivity index (χ3v) is 10.1. The zero-order valence-corrected chi connectivity index (χ0v) is 29.3. The van der Waals surface area contributed by atoms with Crippen LogP contribution in [0.15, 0.2) is 205 Å². The predicted molar refractivity (Wildman–Crippen MR) is 223 cm³/mol. The number of anilines is 3. The van der Waals surface area contributed by atoms with Crippen LogP contribution >= 0.6 is 0 Å². The smallest absolute Gasteiger partial charge is 0.137 e. The Bertz CT molecular complexity index is 2900. The van der Waals surface area contributed by atoms with E-state index >= 15 is 0 Å². The second-order valence-corrected chi connectivity index (χ2v) is 13.4. The molecule has 0 N–H and O–H groups in total. The summed E-state index contributed by atoms with van der Waals surface area (Å²) in [6.07, 6.45) is 0. The number of aromatic nitrogens is 2. The minimum absolute atomic E-state index is 0.806. The Morgan fingerprint density at radius 1 is 0.352 bits per heavy atom. The van der Waals surface area contributed by atoms with Gasteiger partial charge in [-0.3, -0.25) is 0 Å². The molecule has 10 rings (SSSR count). The fraction of sp³-hybridized carbons (Fsp3) is 0. The fourth-order valence-electron chi connectivity index (χ4n) is 7.45. The third-order valence-electron chi connectivity index (χ3n) is 10.1. The molecule has 4 heteroatoms. The zero-order chi connectivity index (χ0) is 35.8. The average molecular weight is 692 g/mol. The lowest BCUT2D eigenvalue weighted by atomic mass is 9.98. The summed E-state index contributed by atoms with van der Waals surface area (Å²) >= 11 is 0. The van der Waals surface area contributed by atoms with Crippen LogP contribution in [0.4, 0.5) is 17.1 Å². The van der Waals surface area contributed by atoms with Crippen LogP contribution in [0.1, 0.15) is 0 Å². The number of nitrogens with zero attached hydrogens (tertiary/aromatic N) is 3. The number of furan rings is 1. The van der Waals surface area contributed by atoms with Gasteiger partial charge in [0, 0.05) is 45.0 Å². The van der Waals surface area contributed by atoms with E-state index in [0.29, 0.717) is 0 Å². The molecule has 54 heavy (non-hydrogen) atoms. The molecule has 0 aliphatic heterocycles. The van der Waals surface area contributed by atoms with Crippen molar-refractivity contribution in [2.45, 2.75) is 0 Å². The maximum absolute atomic E-state index is 6.65. The van der Waals surface area contributed by atoms with E-state index in [4.69, 9.17) is 14.4 Å².